The van der Waals surface area contributed by atoms with Crippen LogP contribution in [0.1, 0.15) is 64.2 Å². The average Bonchev–Trinajstić information content (AvgIpc) is 2.84. The van der Waals surface area contributed by atoms with Crippen LogP contribution in [0.25, 0.3) is 0 Å². The van der Waals surface area contributed by atoms with Gasteiger partial charge in [0.15, 0.2) is 0 Å². The number of alkyl halides is 2. The van der Waals surface area contributed by atoms with E-state index in [2.05, 4.69) is 21.3 Å². The molecule has 0 bridgehead atoms. The molecular weight excluding hydrogens is 500 g/mol. The first kappa shape index (κ1) is 30.6. The third-order valence-corrected chi connectivity index (χ3v) is 8.02. The summed E-state index contributed by atoms with van der Waals surface area (Å²) in [5.74, 6) is -2.98. The van der Waals surface area contributed by atoms with Gasteiger partial charge in [0.2, 0.25) is 23.6 Å². The van der Waals surface area contributed by atoms with Crippen LogP contribution in [0, 0.1) is 11.8 Å². The van der Waals surface area contributed by atoms with E-state index in [9.17, 15) is 33.4 Å². The first-order valence-corrected chi connectivity index (χ1v) is 14.1. The zero-order valence-electron chi connectivity index (χ0n) is 22.2. The van der Waals surface area contributed by atoms with Crippen LogP contribution >= 0.6 is 0 Å². The zero-order valence-corrected chi connectivity index (χ0v) is 22.2. The smallest absolute Gasteiger partial charge is 0.248 e. The van der Waals surface area contributed by atoms with Crippen molar-refractivity contribution in [2.75, 3.05) is 45.8 Å². The third-order valence-electron chi connectivity index (χ3n) is 8.02. The Morgan fingerprint density at radius 3 is 2.32 bits per heavy atom. The number of carbonyl (C=O) groups excluding carboxylic acids is 3. The molecule has 6 N–H and O–H groups in total. The molecule has 2 aliphatic heterocycles. The van der Waals surface area contributed by atoms with Crippen molar-refractivity contribution in [3.8, 4) is 0 Å². The van der Waals surface area contributed by atoms with Gasteiger partial charge in [0.05, 0.1) is 25.2 Å². The fourth-order valence-corrected chi connectivity index (χ4v) is 5.68. The molecule has 0 unspecified atom stereocenters. The maximum Gasteiger partial charge on any atom is 0.248 e. The molecule has 0 aromatic heterocycles. The monoisotopic (exact) mass is 545 g/mol. The Kier molecular flexibility index (Phi) is 12.1. The number of halogens is 2. The normalized spacial score (nSPS) is 31.5. The minimum Gasteiger partial charge on any atom is -0.393 e. The van der Waals surface area contributed by atoms with E-state index in [1.807, 2.05) is 0 Å². The number of aliphatic hydroxyl groups excluding tert-OH is 2. The molecule has 4 atom stereocenters. The number of carbonyl (C=O) groups is 3. The zero-order chi connectivity index (χ0) is 27.5. The number of hydrogen-bond acceptors (Lipinski definition) is 7. The van der Waals surface area contributed by atoms with Crippen molar-refractivity contribution < 1.29 is 33.4 Å². The van der Waals surface area contributed by atoms with Crippen molar-refractivity contribution in [2.45, 2.75) is 88.4 Å². The van der Waals surface area contributed by atoms with Crippen LogP contribution in [0.3, 0.4) is 0 Å². The van der Waals surface area contributed by atoms with Crippen LogP contribution < -0.4 is 21.3 Å². The molecule has 38 heavy (non-hydrogen) atoms. The van der Waals surface area contributed by atoms with Gasteiger partial charge in [0, 0.05) is 51.5 Å². The van der Waals surface area contributed by atoms with E-state index in [0.717, 1.165) is 19.5 Å². The molecule has 1 aliphatic carbocycles. The molecule has 3 rings (SSSR count). The largest absolute Gasteiger partial charge is 0.393 e. The quantitative estimate of drug-likeness (QED) is 0.295. The van der Waals surface area contributed by atoms with Gasteiger partial charge in [-0.2, -0.15) is 0 Å². The fourth-order valence-electron chi connectivity index (χ4n) is 5.68. The number of rotatable bonds is 4. The topological polar surface area (TPSA) is 143 Å². The molecule has 218 valence electrons. The molecule has 3 aliphatic rings. The van der Waals surface area contributed by atoms with Crippen molar-refractivity contribution >= 4 is 17.7 Å². The Hall–Kier alpha value is -1.89. The lowest BCUT2D eigenvalue weighted by molar-refractivity contribution is -0.138. The lowest BCUT2D eigenvalue weighted by atomic mass is 9.81. The maximum atomic E-state index is 13.4. The average molecular weight is 546 g/mol. The summed E-state index contributed by atoms with van der Waals surface area (Å²) in [6, 6.07) is -0.0581. The van der Waals surface area contributed by atoms with Gasteiger partial charge in [0.25, 0.3) is 0 Å². The van der Waals surface area contributed by atoms with Crippen molar-refractivity contribution in [1.29, 1.82) is 0 Å². The summed E-state index contributed by atoms with van der Waals surface area (Å²) in [6.07, 6.45) is 0.379. The summed E-state index contributed by atoms with van der Waals surface area (Å²) in [7, 11) is 0. The number of aliphatic hydroxyl groups is 2. The highest BCUT2D eigenvalue weighted by Gasteiger charge is 2.35. The number of fused-ring (bicyclic) bond motifs is 1. The van der Waals surface area contributed by atoms with E-state index in [1.54, 1.807) is 0 Å². The van der Waals surface area contributed by atoms with Crippen LogP contribution in [0.5, 0.6) is 0 Å². The predicted molar refractivity (Wildman–Crippen MR) is 137 cm³/mol. The fraction of sp³-hybridized carbons (Fsp3) is 0.885. The second kappa shape index (κ2) is 15.0. The lowest BCUT2D eigenvalue weighted by Crippen LogP contribution is -2.47. The molecule has 1 saturated carbocycles. The first-order valence-electron chi connectivity index (χ1n) is 14.1. The van der Waals surface area contributed by atoms with Gasteiger partial charge in [-0.25, -0.2) is 8.78 Å². The van der Waals surface area contributed by atoms with E-state index in [-0.39, 0.29) is 81.4 Å². The maximum absolute atomic E-state index is 13.4. The number of nitrogens with one attached hydrogen (secondary N) is 4. The Morgan fingerprint density at radius 2 is 1.55 bits per heavy atom. The molecule has 10 nitrogen and oxygen atoms in total. The van der Waals surface area contributed by atoms with Gasteiger partial charge < -0.3 is 36.4 Å². The van der Waals surface area contributed by atoms with Gasteiger partial charge in [0.1, 0.15) is 0 Å². The summed E-state index contributed by atoms with van der Waals surface area (Å²) in [6.45, 7) is 2.71. The highest BCUT2D eigenvalue weighted by atomic mass is 19.3. The van der Waals surface area contributed by atoms with Crippen molar-refractivity contribution in [2.24, 2.45) is 11.8 Å². The van der Waals surface area contributed by atoms with Crippen LogP contribution in [-0.4, -0.2) is 103 Å². The highest BCUT2D eigenvalue weighted by molar-refractivity contribution is 5.85. The Bertz CT molecular complexity index is 779. The molecule has 0 aromatic rings. The van der Waals surface area contributed by atoms with Crippen molar-refractivity contribution in [3.63, 3.8) is 0 Å². The van der Waals surface area contributed by atoms with E-state index < -0.39 is 24.0 Å². The highest BCUT2D eigenvalue weighted by Crippen LogP contribution is 2.33. The molecule has 0 radical (unpaired) electrons. The summed E-state index contributed by atoms with van der Waals surface area (Å²) >= 11 is 0. The predicted octanol–water partition coefficient (Wildman–Crippen LogP) is 0.127. The number of nitrogens with zero attached hydrogens (tertiary/aromatic N) is 1. The Balaban J connectivity index is 1.58. The molecular formula is C26H45F2N5O5. The molecule has 0 spiro atoms. The Labute approximate surface area is 223 Å². The van der Waals surface area contributed by atoms with Gasteiger partial charge in [-0.05, 0) is 63.5 Å². The Morgan fingerprint density at radius 1 is 0.868 bits per heavy atom. The summed E-state index contributed by atoms with van der Waals surface area (Å²) in [5.41, 5.74) is 0. The number of hydrogen-bond donors (Lipinski definition) is 6. The van der Waals surface area contributed by atoms with Crippen LogP contribution in [-0.2, 0) is 14.4 Å². The van der Waals surface area contributed by atoms with Crippen LogP contribution in [0.2, 0.25) is 0 Å². The van der Waals surface area contributed by atoms with E-state index in [4.69, 9.17) is 0 Å². The SMILES string of the molecule is O=C1C[C@@H]2CCNC[C@@H]2CCNC(=O)CN(CCNC2CCC(F)(F)CC2)C(=O)C[C@H](O)C[C@H](O)CCN1. The van der Waals surface area contributed by atoms with Gasteiger partial charge in [-0.15, -0.1) is 0 Å². The second-order valence-corrected chi connectivity index (χ2v) is 11.1. The summed E-state index contributed by atoms with van der Waals surface area (Å²) in [5, 5.41) is 33.0. The molecule has 2 heterocycles. The van der Waals surface area contributed by atoms with Gasteiger partial charge in [-0.1, -0.05) is 0 Å². The summed E-state index contributed by atoms with van der Waals surface area (Å²) in [4.78, 5) is 39.5. The number of piperidine rings is 1. The molecule has 12 heteroatoms. The van der Waals surface area contributed by atoms with E-state index in [0.29, 0.717) is 38.8 Å². The van der Waals surface area contributed by atoms with Crippen molar-refractivity contribution in [3.05, 3.63) is 0 Å². The molecule has 3 fully saturated rings. The lowest BCUT2D eigenvalue weighted by Gasteiger charge is -2.32. The van der Waals surface area contributed by atoms with E-state index >= 15 is 0 Å². The van der Waals surface area contributed by atoms with Crippen LogP contribution in [0.15, 0.2) is 0 Å². The first-order chi connectivity index (χ1) is 18.1. The van der Waals surface area contributed by atoms with Crippen LogP contribution in [0.4, 0.5) is 8.78 Å². The van der Waals surface area contributed by atoms with Gasteiger partial charge >= 0.3 is 0 Å². The minimum atomic E-state index is -2.61. The molecule has 3 amide bonds. The minimum absolute atomic E-state index is 0.0213. The van der Waals surface area contributed by atoms with Crippen molar-refractivity contribution in [1.82, 2.24) is 26.2 Å². The summed E-state index contributed by atoms with van der Waals surface area (Å²) < 4.78 is 26.9. The second-order valence-electron chi connectivity index (χ2n) is 11.1. The molecule has 2 saturated heterocycles. The third kappa shape index (κ3) is 10.7. The number of amides is 3. The van der Waals surface area contributed by atoms with Gasteiger partial charge in [-0.3, -0.25) is 14.4 Å². The molecule has 0 aromatic carbocycles. The standard InChI is InChI=1S/C26H45F2N5O5/c27-26(28)6-1-20(2-7-26)30-11-12-33-17-24(37)32-9-4-19-16-29-8-3-18(19)13-23(36)31-10-5-21(34)14-22(35)15-25(33)38/h18-22,29-30,34-35H,1-17H2,(H,31,36)(H,32,37)/t18-,19-,21+,22+/m0/s1. The van der Waals surface area contributed by atoms with E-state index in [1.165, 1.54) is 4.90 Å².